The number of carbonyl (C=O) groups is 1. The topological polar surface area (TPSA) is 86.7 Å². The summed E-state index contributed by atoms with van der Waals surface area (Å²) in [7, 11) is -3.67. The maximum atomic E-state index is 12.8. The van der Waals surface area contributed by atoms with Crippen molar-refractivity contribution in [3.63, 3.8) is 0 Å². The number of amides is 1. The molecule has 0 aromatic heterocycles. The number of aryl methyl sites for hydroxylation is 1. The monoisotopic (exact) mass is 312 g/mol. The average molecular weight is 312 g/mol. The predicted molar refractivity (Wildman–Crippen MR) is 79.5 cm³/mol. The summed E-state index contributed by atoms with van der Waals surface area (Å²) < 4.78 is 26.9. The number of anilines is 1. The standard InChI is InChI=1S/C14H20N2O4S/c1-10-5-6-12(15-11(2)18)8-14(10)21(19,20)16-7-3-4-13(16)9-17/h5-6,8,13,17H,3-4,7,9H2,1-2H3,(H,15,18)/t13-/m0/s1. The first-order chi connectivity index (χ1) is 9.86. The van der Waals surface area contributed by atoms with Gasteiger partial charge < -0.3 is 10.4 Å². The zero-order valence-electron chi connectivity index (χ0n) is 12.2. The number of benzene rings is 1. The smallest absolute Gasteiger partial charge is 0.243 e. The molecule has 0 spiro atoms. The first-order valence-electron chi connectivity index (χ1n) is 6.87. The van der Waals surface area contributed by atoms with Crippen LogP contribution in [0, 0.1) is 6.92 Å². The van der Waals surface area contributed by atoms with Crippen LogP contribution >= 0.6 is 0 Å². The summed E-state index contributed by atoms with van der Waals surface area (Å²) in [6.07, 6.45) is 1.41. The number of carbonyl (C=O) groups excluding carboxylic acids is 1. The molecule has 6 nitrogen and oxygen atoms in total. The molecule has 1 aliphatic heterocycles. The fourth-order valence-electron chi connectivity index (χ4n) is 2.59. The summed E-state index contributed by atoms with van der Waals surface area (Å²) in [4.78, 5) is 11.3. The van der Waals surface area contributed by atoms with Crippen LogP contribution in [0.3, 0.4) is 0 Å². The zero-order valence-corrected chi connectivity index (χ0v) is 13.0. The highest BCUT2D eigenvalue weighted by molar-refractivity contribution is 7.89. The summed E-state index contributed by atoms with van der Waals surface area (Å²) in [6, 6.07) is 4.45. The Labute approximate surface area is 124 Å². The van der Waals surface area contributed by atoms with E-state index in [1.807, 2.05) is 0 Å². The van der Waals surface area contributed by atoms with Crippen LogP contribution in [-0.2, 0) is 14.8 Å². The molecule has 1 saturated heterocycles. The molecule has 1 aromatic rings. The number of aliphatic hydroxyl groups excluding tert-OH is 1. The first kappa shape index (κ1) is 15.9. The number of hydrogen-bond donors (Lipinski definition) is 2. The number of rotatable bonds is 4. The fraction of sp³-hybridized carbons (Fsp3) is 0.500. The van der Waals surface area contributed by atoms with Gasteiger partial charge in [0.25, 0.3) is 0 Å². The van der Waals surface area contributed by atoms with Crippen molar-refractivity contribution in [2.45, 2.75) is 37.6 Å². The van der Waals surface area contributed by atoms with Crippen LogP contribution in [0.2, 0.25) is 0 Å². The van der Waals surface area contributed by atoms with Gasteiger partial charge in [0.15, 0.2) is 0 Å². The van der Waals surface area contributed by atoms with Gasteiger partial charge in [-0.3, -0.25) is 4.79 Å². The van der Waals surface area contributed by atoms with E-state index in [-0.39, 0.29) is 23.5 Å². The van der Waals surface area contributed by atoms with Crippen LogP contribution in [-0.4, -0.2) is 42.9 Å². The number of nitrogens with one attached hydrogen (secondary N) is 1. The van der Waals surface area contributed by atoms with E-state index in [0.717, 1.165) is 6.42 Å². The Balaban J connectivity index is 2.41. The van der Waals surface area contributed by atoms with Gasteiger partial charge in [-0.25, -0.2) is 8.42 Å². The van der Waals surface area contributed by atoms with Crippen molar-refractivity contribution in [1.29, 1.82) is 0 Å². The van der Waals surface area contributed by atoms with Crippen LogP contribution < -0.4 is 5.32 Å². The second-order valence-electron chi connectivity index (χ2n) is 5.26. The van der Waals surface area contributed by atoms with E-state index < -0.39 is 10.0 Å². The Morgan fingerprint density at radius 2 is 2.19 bits per heavy atom. The number of sulfonamides is 1. The highest BCUT2D eigenvalue weighted by Gasteiger charge is 2.35. The third-order valence-corrected chi connectivity index (χ3v) is 5.72. The molecular formula is C14H20N2O4S. The molecule has 1 amide bonds. The van der Waals surface area contributed by atoms with Gasteiger partial charge in [-0.2, -0.15) is 4.31 Å². The predicted octanol–water partition coefficient (Wildman–Crippen LogP) is 1.10. The van der Waals surface area contributed by atoms with Crippen molar-refractivity contribution in [3.05, 3.63) is 23.8 Å². The van der Waals surface area contributed by atoms with Gasteiger partial charge in [0.05, 0.1) is 11.5 Å². The molecule has 0 unspecified atom stereocenters. The fourth-order valence-corrected chi connectivity index (χ4v) is 4.53. The highest BCUT2D eigenvalue weighted by atomic mass is 32.2. The molecule has 2 rings (SSSR count). The lowest BCUT2D eigenvalue weighted by atomic mass is 10.2. The molecule has 1 heterocycles. The average Bonchev–Trinajstić information content (AvgIpc) is 2.89. The van der Waals surface area contributed by atoms with Gasteiger partial charge in [-0.1, -0.05) is 6.07 Å². The van der Waals surface area contributed by atoms with Gasteiger partial charge >= 0.3 is 0 Å². The second-order valence-corrected chi connectivity index (χ2v) is 7.11. The third-order valence-electron chi connectivity index (χ3n) is 3.63. The molecule has 1 atom stereocenters. The summed E-state index contributed by atoms with van der Waals surface area (Å²) >= 11 is 0. The second kappa shape index (κ2) is 6.13. The van der Waals surface area contributed by atoms with Gasteiger partial charge in [-0.15, -0.1) is 0 Å². The number of nitrogens with zero attached hydrogens (tertiary/aromatic N) is 1. The Morgan fingerprint density at radius 1 is 1.48 bits per heavy atom. The Hall–Kier alpha value is -1.44. The Kier molecular flexibility index (Phi) is 4.65. The van der Waals surface area contributed by atoms with Crippen molar-refractivity contribution in [1.82, 2.24) is 4.31 Å². The van der Waals surface area contributed by atoms with Crippen LogP contribution in [0.4, 0.5) is 5.69 Å². The number of hydrogen-bond acceptors (Lipinski definition) is 4. The lowest BCUT2D eigenvalue weighted by Crippen LogP contribution is -2.37. The van der Waals surface area contributed by atoms with Crippen LogP contribution in [0.15, 0.2) is 23.1 Å². The molecule has 21 heavy (non-hydrogen) atoms. The van der Waals surface area contributed by atoms with E-state index in [9.17, 15) is 18.3 Å². The SMILES string of the molecule is CC(=O)Nc1ccc(C)c(S(=O)(=O)N2CCC[C@H]2CO)c1. The molecule has 2 N–H and O–H groups in total. The van der Waals surface area contributed by atoms with Crippen LogP contribution in [0.5, 0.6) is 0 Å². The van der Waals surface area contributed by atoms with Crippen LogP contribution in [0.25, 0.3) is 0 Å². The quantitative estimate of drug-likeness (QED) is 0.871. The lowest BCUT2D eigenvalue weighted by molar-refractivity contribution is -0.114. The summed E-state index contributed by atoms with van der Waals surface area (Å²) in [5.41, 5.74) is 1.07. The molecule has 1 aromatic carbocycles. The van der Waals surface area contributed by atoms with E-state index >= 15 is 0 Å². The summed E-state index contributed by atoms with van der Waals surface area (Å²) in [6.45, 7) is 3.33. The molecule has 1 aliphatic rings. The third kappa shape index (κ3) is 3.25. The molecule has 116 valence electrons. The van der Waals surface area contributed by atoms with E-state index in [4.69, 9.17) is 0 Å². The Morgan fingerprint density at radius 3 is 2.81 bits per heavy atom. The summed E-state index contributed by atoms with van der Waals surface area (Å²) in [5.74, 6) is -0.253. The zero-order chi connectivity index (χ0) is 15.6. The number of aliphatic hydroxyl groups is 1. The molecule has 1 fully saturated rings. The van der Waals surface area contributed by atoms with Gasteiger partial charge in [-0.05, 0) is 37.5 Å². The van der Waals surface area contributed by atoms with Gasteiger partial charge in [0, 0.05) is 25.2 Å². The minimum Gasteiger partial charge on any atom is -0.395 e. The molecular weight excluding hydrogens is 292 g/mol. The van der Waals surface area contributed by atoms with E-state index in [1.165, 1.54) is 17.3 Å². The van der Waals surface area contributed by atoms with E-state index in [2.05, 4.69) is 5.32 Å². The van der Waals surface area contributed by atoms with Crippen molar-refractivity contribution in [2.24, 2.45) is 0 Å². The highest BCUT2D eigenvalue weighted by Crippen LogP contribution is 2.29. The molecule has 7 heteroatoms. The minimum absolute atomic E-state index is 0.175. The minimum atomic E-state index is -3.67. The van der Waals surface area contributed by atoms with Gasteiger partial charge in [0.1, 0.15) is 0 Å². The maximum absolute atomic E-state index is 12.8. The van der Waals surface area contributed by atoms with Crippen molar-refractivity contribution in [3.8, 4) is 0 Å². The molecule has 0 radical (unpaired) electrons. The largest absolute Gasteiger partial charge is 0.395 e. The van der Waals surface area contributed by atoms with Gasteiger partial charge in [0.2, 0.25) is 15.9 Å². The van der Waals surface area contributed by atoms with Crippen molar-refractivity contribution < 1.29 is 18.3 Å². The summed E-state index contributed by atoms with van der Waals surface area (Å²) in [5, 5.41) is 11.9. The van der Waals surface area contributed by atoms with Crippen molar-refractivity contribution >= 4 is 21.6 Å². The van der Waals surface area contributed by atoms with Crippen LogP contribution in [0.1, 0.15) is 25.3 Å². The normalized spacial score (nSPS) is 19.7. The lowest BCUT2D eigenvalue weighted by Gasteiger charge is -2.23. The maximum Gasteiger partial charge on any atom is 0.243 e. The van der Waals surface area contributed by atoms with E-state index in [1.54, 1.807) is 19.1 Å². The molecule has 0 bridgehead atoms. The molecule has 0 saturated carbocycles. The van der Waals surface area contributed by atoms with E-state index in [0.29, 0.717) is 24.2 Å². The molecule has 0 aliphatic carbocycles. The van der Waals surface area contributed by atoms with Crippen molar-refractivity contribution in [2.75, 3.05) is 18.5 Å². The Bertz CT molecular complexity index is 642. The first-order valence-corrected chi connectivity index (χ1v) is 8.31.